The summed E-state index contributed by atoms with van der Waals surface area (Å²) in [7, 11) is 0. The average Bonchev–Trinajstić information content (AvgIpc) is 2.18. The molecule has 2 heteroatoms. The van der Waals surface area contributed by atoms with Crippen LogP contribution >= 0.6 is 11.8 Å². The number of nitrogens with zero attached hydrogens (tertiary/aromatic N) is 1. The van der Waals surface area contributed by atoms with Crippen LogP contribution in [0.3, 0.4) is 0 Å². The van der Waals surface area contributed by atoms with E-state index < -0.39 is 0 Å². The van der Waals surface area contributed by atoms with Gasteiger partial charge in [0.15, 0.2) is 0 Å². The summed E-state index contributed by atoms with van der Waals surface area (Å²) in [5.74, 6) is 3.15. The Bertz CT molecular complexity index is 280. The van der Waals surface area contributed by atoms with Gasteiger partial charge in [0, 0.05) is 23.1 Å². The predicted molar refractivity (Wildman–Crippen MR) is 69.4 cm³/mol. The topological polar surface area (TPSA) is 12.9 Å². The number of pyridine rings is 1. The van der Waals surface area contributed by atoms with Gasteiger partial charge in [-0.15, -0.1) is 0 Å². The summed E-state index contributed by atoms with van der Waals surface area (Å²) in [6.07, 6.45) is 1.88. The van der Waals surface area contributed by atoms with Crippen molar-refractivity contribution >= 4 is 11.8 Å². The lowest BCUT2D eigenvalue weighted by Crippen LogP contribution is -2.22. The molecule has 1 aromatic rings. The van der Waals surface area contributed by atoms with E-state index in [-0.39, 0.29) is 5.41 Å². The molecule has 1 aromatic heterocycles. The third kappa shape index (κ3) is 4.25. The Morgan fingerprint density at radius 2 is 2.07 bits per heavy atom. The lowest BCUT2D eigenvalue weighted by Gasteiger charge is -2.23. The van der Waals surface area contributed by atoms with E-state index in [1.54, 1.807) is 0 Å². The highest BCUT2D eigenvalue weighted by molar-refractivity contribution is 7.99. The molecule has 0 saturated carbocycles. The van der Waals surface area contributed by atoms with Crippen molar-refractivity contribution in [3.63, 3.8) is 0 Å². The number of thioether (sulfide) groups is 1. The van der Waals surface area contributed by atoms with E-state index in [1.807, 2.05) is 24.0 Å². The molecule has 0 aliphatic heterocycles. The molecular formula is C13H21NS. The third-order valence-electron chi connectivity index (χ3n) is 2.27. The smallest absolute Gasteiger partial charge is 0.0468 e. The molecular weight excluding hydrogens is 202 g/mol. The Balaban J connectivity index is 2.52. The summed E-state index contributed by atoms with van der Waals surface area (Å²) in [5.41, 5.74) is 1.38. The highest BCUT2D eigenvalue weighted by Crippen LogP contribution is 2.26. The van der Waals surface area contributed by atoms with Crippen LogP contribution in [0.1, 0.15) is 33.4 Å². The normalized spacial score (nSPS) is 12.1. The van der Waals surface area contributed by atoms with E-state index >= 15 is 0 Å². The molecule has 1 rings (SSSR count). The van der Waals surface area contributed by atoms with Crippen molar-refractivity contribution in [2.24, 2.45) is 5.92 Å². The number of aromatic nitrogens is 1. The van der Waals surface area contributed by atoms with E-state index in [1.165, 1.54) is 11.4 Å². The highest BCUT2D eigenvalue weighted by atomic mass is 32.2. The molecule has 0 saturated heterocycles. The van der Waals surface area contributed by atoms with Gasteiger partial charge in [-0.25, -0.2) is 0 Å². The van der Waals surface area contributed by atoms with Crippen molar-refractivity contribution < 1.29 is 0 Å². The van der Waals surface area contributed by atoms with Gasteiger partial charge in [0.05, 0.1) is 0 Å². The molecule has 0 aliphatic rings. The van der Waals surface area contributed by atoms with Crippen molar-refractivity contribution in [3.8, 4) is 0 Å². The predicted octanol–water partition coefficient (Wildman–Crippen LogP) is 3.75. The minimum atomic E-state index is 0.181. The van der Waals surface area contributed by atoms with E-state index in [0.29, 0.717) is 0 Å². The molecule has 0 unspecified atom stereocenters. The third-order valence-corrected chi connectivity index (χ3v) is 4.10. The number of hydrogen-bond acceptors (Lipinski definition) is 2. The Morgan fingerprint density at radius 1 is 1.33 bits per heavy atom. The maximum absolute atomic E-state index is 4.43. The van der Waals surface area contributed by atoms with Crippen LogP contribution in [0.5, 0.6) is 0 Å². The largest absolute Gasteiger partial charge is 0.261 e. The molecule has 0 aliphatic carbocycles. The Morgan fingerprint density at radius 3 is 2.60 bits per heavy atom. The zero-order valence-electron chi connectivity index (χ0n) is 10.2. The molecule has 84 valence electrons. The van der Waals surface area contributed by atoms with Crippen molar-refractivity contribution in [1.82, 2.24) is 4.98 Å². The fraction of sp³-hybridized carbons (Fsp3) is 0.615. The lowest BCUT2D eigenvalue weighted by atomic mass is 9.91. The number of hydrogen-bond donors (Lipinski definition) is 0. The molecule has 0 fully saturated rings. The summed E-state index contributed by atoms with van der Waals surface area (Å²) in [4.78, 5) is 4.43. The molecule has 0 radical (unpaired) electrons. The maximum Gasteiger partial charge on any atom is 0.0468 e. The van der Waals surface area contributed by atoms with Gasteiger partial charge in [0.1, 0.15) is 0 Å². The van der Waals surface area contributed by atoms with Crippen molar-refractivity contribution in [2.75, 3.05) is 11.5 Å². The van der Waals surface area contributed by atoms with Crippen LogP contribution < -0.4 is 0 Å². The summed E-state index contributed by atoms with van der Waals surface area (Å²) in [6.45, 7) is 9.06. The quantitative estimate of drug-likeness (QED) is 0.754. The molecule has 1 heterocycles. The van der Waals surface area contributed by atoms with Gasteiger partial charge in [-0.3, -0.25) is 4.98 Å². The zero-order chi connectivity index (χ0) is 11.3. The fourth-order valence-electron chi connectivity index (χ4n) is 1.39. The molecule has 15 heavy (non-hydrogen) atoms. The molecule has 0 amide bonds. The van der Waals surface area contributed by atoms with Gasteiger partial charge < -0.3 is 0 Å². The van der Waals surface area contributed by atoms with Gasteiger partial charge in [0.2, 0.25) is 0 Å². The minimum absolute atomic E-state index is 0.181. The zero-order valence-corrected chi connectivity index (χ0v) is 11.0. The van der Waals surface area contributed by atoms with Crippen LogP contribution in [-0.2, 0) is 5.41 Å². The van der Waals surface area contributed by atoms with Gasteiger partial charge >= 0.3 is 0 Å². The van der Waals surface area contributed by atoms with E-state index in [4.69, 9.17) is 0 Å². The van der Waals surface area contributed by atoms with Gasteiger partial charge in [-0.1, -0.05) is 33.8 Å². The summed E-state index contributed by atoms with van der Waals surface area (Å²) in [6, 6.07) is 6.16. The Labute approximate surface area is 97.7 Å². The monoisotopic (exact) mass is 223 g/mol. The van der Waals surface area contributed by atoms with Gasteiger partial charge in [0.25, 0.3) is 0 Å². The van der Waals surface area contributed by atoms with Crippen LogP contribution in [0.2, 0.25) is 0 Å². The lowest BCUT2D eigenvalue weighted by molar-refractivity contribution is 0.579. The van der Waals surface area contributed by atoms with Crippen molar-refractivity contribution in [1.29, 1.82) is 0 Å². The van der Waals surface area contributed by atoms with E-state index in [9.17, 15) is 0 Å². The molecule has 0 aromatic carbocycles. The molecule has 0 spiro atoms. The van der Waals surface area contributed by atoms with Crippen LogP contribution in [0.25, 0.3) is 0 Å². The van der Waals surface area contributed by atoms with Crippen LogP contribution in [0.15, 0.2) is 24.4 Å². The standard InChI is InChI=1S/C13H21NS/c1-11(2)9-15-10-13(3,4)12-7-5-6-8-14-12/h5-8,11H,9-10H2,1-4H3. The summed E-state index contributed by atoms with van der Waals surface area (Å²) in [5, 5.41) is 0. The number of rotatable bonds is 5. The second-order valence-corrected chi connectivity index (χ2v) is 6.04. The fourth-order valence-corrected chi connectivity index (χ4v) is 2.63. The van der Waals surface area contributed by atoms with Gasteiger partial charge in [-0.2, -0.15) is 11.8 Å². The molecule has 0 N–H and O–H groups in total. The Hall–Kier alpha value is -0.500. The Kier molecular flexibility index (Phi) is 4.65. The van der Waals surface area contributed by atoms with Crippen LogP contribution in [-0.4, -0.2) is 16.5 Å². The molecule has 1 nitrogen and oxygen atoms in total. The first-order valence-electron chi connectivity index (χ1n) is 5.51. The summed E-state index contributed by atoms with van der Waals surface area (Å²) < 4.78 is 0. The molecule has 0 bridgehead atoms. The van der Waals surface area contributed by atoms with Gasteiger partial charge in [-0.05, 0) is 23.8 Å². The van der Waals surface area contributed by atoms with E-state index in [2.05, 4.69) is 44.8 Å². The molecule has 0 atom stereocenters. The second kappa shape index (κ2) is 5.55. The van der Waals surface area contributed by atoms with Crippen molar-refractivity contribution in [3.05, 3.63) is 30.1 Å². The van der Waals surface area contributed by atoms with Crippen molar-refractivity contribution in [2.45, 2.75) is 33.1 Å². The maximum atomic E-state index is 4.43. The first-order valence-corrected chi connectivity index (χ1v) is 6.67. The second-order valence-electron chi connectivity index (χ2n) is 5.01. The summed E-state index contributed by atoms with van der Waals surface area (Å²) >= 11 is 2.02. The highest BCUT2D eigenvalue weighted by Gasteiger charge is 2.21. The first-order chi connectivity index (χ1) is 7.02. The van der Waals surface area contributed by atoms with Crippen LogP contribution in [0, 0.1) is 5.92 Å². The average molecular weight is 223 g/mol. The van der Waals surface area contributed by atoms with Crippen LogP contribution in [0.4, 0.5) is 0 Å². The first kappa shape index (κ1) is 12.6. The van der Waals surface area contributed by atoms with E-state index in [0.717, 1.165) is 11.7 Å². The minimum Gasteiger partial charge on any atom is -0.261 e. The SMILES string of the molecule is CC(C)CSCC(C)(C)c1ccccn1.